The normalized spacial score (nSPS) is 14.9. The SMILES string of the molecule is CCCNC(=O)c1ccc(C(=O)N2CCOCC2)cc1. The number of morpholine rings is 1. The van der Waals surface area contributed by atoms with Crippen molar-refractivity contribution in [2.75, 3.05) is 32.8 Å². The van der Waals surface area contributed by atoms with Gasteiger partial charge in [0.1, 0.15) is 0 Å². The first-order chi connectivity index (χ1) is 9.72. The number of hydrogen-bond donors (Lipinski definition) is 1. The molecule has 0 aromatic heterocycles. The second-order valence-electron chi connectivity index (χ2n) is 4.74. The molecule has 0 bridgehead atoms. The molecular weight excluding hydrogens is 256 g/mol. The van der Waals surface area contributed by atoms with Crippen molar-refractivity contribution in [2.45, 2.75) is 13.3 Å². The zero-order valence-electron chi connectivity index (χ0n) is 11.7. The Kier molecular flexibility index (Phi) is 5.12. The quantitative estimate of drug-likeness (QED) is 0.901. The van der Waals surface area contributed by atoms with Crippen LogP contribution < -0.4 is 5.32 Å². The van der Waals surface area contributed by atoms with Crippen molar-refractivity contribution < 1.29 is 14.3 Å². The highest BCUT2D eigenvalue weighted by Crippen LogP contribution is 2.09. The van der Waals surface area contributed by atoms with Crippen molar-refractivity contribution in [3.05, 3.63) is 35.4 Å². The predicted molar refractivity (Wildman–Crippen MR) is 75.8 cm³/mol. The molecule has 2 amide bonds. The molecule has 1 fully saturated rings. The molecule has 0 radical (unpaired) electrons. The lowest BCUT2D eigenvalue weighted by Crippen LogP contribution is -2.40. The summed E-state index contributed by atoms with van der Waals surface area (Å²) >= 11 is 0. The highest BCUT2D eigenvalue weighted by molar-refractivity contribution is 5.97. The number of rotatable bonds is 4. The van der Waals surface area contributed by atoms with Crippen LogP contribution in [-0.4, -0.2) is 49.6 Å². The van der Waals surface area contributed by atoms with E-state index in [9.17, 15) is 9.59 Å². The Hall–Kier alpha value is -1.88. The molecule has 1 aromatic rings. The first-order valence-electron chi connectivity index (χ1n) is 6.97. The Balaban J connectivity index is 2.00. The van der Waals surface area contributed by atoms with Gasteiger partial charge in [0, 0.05) is 30.8 Å². The summed E-state index contributed by atoms with van der Waals surface area (Å²) in [6, 6.07) is 6.80. The summed E-state index contributed by atoms with van der Waals surface area (Å²) in [7, 11) is 0. The number of amides is 2. The maximum absolute atomic E-state index is 12.2. The lowest BCUT2D eigenvalue weighted by Gasteiger charge is -2.26. The number of carbonyl (C=O) groups is 2. The molecule has 0 spiro atoms. The van der Waals surface area contributed by atoms with Crippen LogP contribution in [0.2, 0.25) is 0 Å². The average Bonchev–Trinajstić information content (AvgIpc) is 2.53. The summed E-state index contributed by atoms with van der Waals surface area (Å²) in [5, 5.41) is 2.81. The smallest absolute Gasteiger partial charge is 0.254 e. The standard InChI is InChI=1S/C15H20N2O3/c1-2-7-16-14(18)12-3-5-13(6-4-12)15(19)17-8-10-20-11-9-17/h3-6H,2,7-11H2,1H3,(H,16,18). The van der Waals surface area contributed by atoms with E-state index < -0.39 is 0 Å². The van der Waals surface area contributed by atoms with E-state index in [0.29, 0.717) is 44.0 Å². The van der Waals surface area contributed by atoms with Crippen molar-refractivity contribution in [3.8, 4) is 0 Å². The van der Waals surface area contributed by atoms with Gasteiger partial charge in [0.15, 0.2) is 0 Å². The van der Waals surface area contributed by atoms with Crippen LogP contribution in [0, 0.1) is 0 Å². The molecule has 1 heterocycles. The number of carbonyl (C=O) groups excluding carboxylic acids is 2. The first kappa shape index (κ1) is 14.5. The van der Waals surface area contributed by atoms with Crippen molar-refractivity contribution >= 4 is 11.8 Å². The van der Waals surface area contributed by atoms with E-state index in [4.69, 9.17) is 4.74 Å². The molecule has 1 aliphatic heterocycles. The lowest BCUT2D eigenvalue weighted by atomic mass is 10.1. The van der Waals surface area contributed by atoms with Crippen LogP contribution in [0.4, 0.5) is 0 Å². The Morgan fingerprint density at radius 1 is 1.15 bits per heavy atom. The monoisotopic (exact) mass is 276 g/mol. The Morgan fingerprint density at radius 3 is 2.35 bits per heavy atom. The van der Waals surface area contributed by atoms with Gasteiger partial charge in [0.25, 0.3) is 11.8 Å². The highest BCUT2D eigenvalue weighted by Gasteiger charge is 2.18. The first-order valence-corrected chi connectivity index (χ1v) is 6.97. The van der Waals surface area contributed by atoms with Crippen molar-refractivity contribution in [2.24, 2.45) is 0 Å². The molecule has 1 aliphatic rings. The van der Waals surface area contributed by atoms with Gasteiger partial charge in [-0.15, -0.1) is 0 Å². The molecule has 0 atom stereocenters. The number of hydrogen-bond acceptors (Lipinski definition) is 3. The lowest BCUT2D eigenvalue weighted by molar-refractivity contribution is 0.0303. The van der Waals surface area contributed by atoms with Crippen LogP contribution in [0.3, 0.4) is 0 Å². The molecule has 1 N–H and O–H groups in total. The molecule has 1 saturated heterocycles. The Morgan fingerprint density at radius 2 is 1.75 bits per heavy atom. The second kappa shape index (κ2) is 7.05. The van der Waals surface area contributed by atoms with Crippen LogP contribution in [-0.2, 0) is 4.74 Å². The minimum absolute atomic E-state index is 0.00573. The van der Waals surface area contributed by atoms with E-state index in [1.165, 1.54) is 0 Å². The minimum Gasteiger partial charge on any atom is -0.378 e. The second-order valence-corrected chi connectivity index (χ2v) is 4.74. The van der Waals surface area contributed by atoms with Gasteiger partial charge in [-0.2, -0.15) is 0 Å². The summed E-state index contributed by atoms with van der Waals surface area (Å²) in [4.78, 5) is 25.8. The summed E-state index contributed by atoms with van der Waals surface area (Å²) in [6.07, 6.45) is 0.902. The van der Waals surface area contributed by atoms with Gasteiger partial charge >= 0.3 is 0 Å². The van der Waals surface area contributed by atoms with Crippen LogP contribution in [0.5, 0.6) is 0 Å². The van der Waals surface area contributed by atoms with Gasteiger partial charge in [0.05, 0.1) is 13.2 Å². The zero-order valence-corrected chi connectivity index (χ0v) is 11.7. The molecule has 108 valence electrons. The molecule has 1 aromatic carbocycles. The molecule has 0 unspecified atom stereocenters. The molecule has 0 saturated carbocycles. The van der Waals surface area contributed by atoms with E-state index in [2.05, 4.69) is 5.32 Å². The van der Waals surface area contributed by atoms with E-state index >= 15 is 0 Å². The van der Waals surface area contributed by atoms with Gasteiger partial charge < -0.3 is 15.0 Å². The third-order valence-corrected chi connectivity index (χ3v) is 3.23. The van der Waals surface area contributed by atoms with Crippen LogP contribution in [0.15, 0.2) is 24.3 Å². The van der Waals surface area contributed by atoms with E-state index in [1.54, 1.807) is 29.2 Å². The zero-order chi connectivity index (χ0) is 14.4. The number of benzene rings is 1. The Labute approximate surface area is 118 Å². The summed E-state index contributed by atoms with van der Waals surface area (Å²) < 4.78 is 5.23. The van der Waals surface area contributed by atoms with Gasteiger partial charge in [-0.05, 0) is 30.7 Å². The summed E-state index contributed by atoms with van der Waals surface area (Å²) in [5.41, 5.74) is 1.19. The van der Waals surface area contributed by atoms with E-state index in [-0.39, 0.29) is 11.8 Å². The third kappa shape index (κ3) is 3.57. The van der Waals surface area contributed by atoms with Gasteiger partial charge in [0.2, 0.25) is 0 Å². The Bertz CT molecular complexity index is 465. The maximum Gasteiger partial charge on any atom is 0.254 e. The highest BCUT2D eigenvalue weighted by atomic mass is 16.5. The third-order valence-electron chi connectivity index (χ3n) is 3.23. The van der Waals surface area contributed by atoms with E-state index in [0.717, 1.165) is 6.42 Å². The molecular formula is C15H20N2O3. The largest absolute Gasteiger partial charge is 0.378 e. The van der Waals surface area contributed by atoms with E-state index in [1.807, 2.05) is 6.92 Å². The van der Waals surface area contributed by atoms with Crippen LogP contribution in [0.25, 0.3) is 0 Å². The number of nitrogens with one attached hydrogen (secondary N) is 1. The average molecular weight is 276 g/mol. The molecule has 20 heavy (non-hydrogen) atoms. The maximum atomic E-state index is 12.2. The summed E-state index contributed by atoms with van der Waals surface area (Å²) in [6.45, 7) is 5.08. The van der Waals surface area contributed by atoms with Crippen LogP contribution >= 0.6 is 0 Å². The van der Waals surface area contributed by atoms with Gasteiger partial charge in [-0.25, -0.2) is 0 Å². The van der Waals surface area contributed by atoms with Gasteiger partial charge in [-0.1, -0.05) is 6.92 Å². The van der Waals surface area contributed by atoms with Gasteiger partial charge in [-0.3, -0.25) is 9.59 Å². The predicted octanol–water partition coefficient (Wildman–Crippen LogP) is 1.30. The van der Waals surface area contributed by atoms with Crippen molar-refractivity contribution in [1.29, 1.82) is 0 Å². The van der Waals surface area contributed by atoms with Crippen molar-refractivity contribution in [1.82, 2.24) is 10.2 Å². The van der Waals surface area contributed by atoms with Crippen molar-refractivity contribution in [3.63, 3.8) is 0 Å². The minimum atomic E-state index is -0.0998. The molecule has 5 heteroatoms. The van der Waals surface area contributed by atoms with Crippen LogP contribution in [0.1, 0.15) is 34.1 Å². The topological polar surface area (TPSA) is 58.6 Å². The fraction of sp³-hybridized carbons (Fsp3) is 0.467. The fourth-order valence-electron chi connectivity index (χ4n) is 2.05. The summed E-state index contributed by atoms with van der Waals surface area (Å²) in [5.74, 6) is -0.106. The fourth-order valence-corrected chi connectivity index (χ4v) is 2.05. The number of nitrogens with zero attached hydrogens (tertiary/aromatic N) is 1. The molecule has 0 aliphatic carbocycles. The molecule has 5 nitrogen and oxygen atoms in total. The molecule has 2 rings (SSSR count). The number of ether oxygens (including phenoxy) is 1.